The summed E-state index contributed by atoms with van der Waals surface area (Å²) in [5.74, 6) is 5.55. The number of aromatic nitrogens is 3. The molecule has 3 rings (SSSR count). The molecule has 7 heteroatoms. The molecule has 2 heterocycles. The third kappa shape index (κ3) is 5.25. The normalized spacial score (nSPS) is 10.3. The molecule has 7 nitrogen and oxygen atoms in total. The van der Waals surface area contributed by atoms with Crippen LogP contribution in [0.2, 0.25) is 0 Å². The van der Waals surface area contributed by atoms with Crippen molar-refractivity contribution in [3.8, 4) is 17.7 Å². The number of fused-ring (bicyclic) bond motifs is 1. The molecule has 142 valence electrons. The number of benzene rings is 1. The van der Waals surface area contributed by atoms with E-state index in [9.17, 15) is 4.79 Å². The Morgan fingerprint density at radius 3 is 2.75 bits per heavy atom. The molecule has 0 atom stereocenters. The van der Waals surface area contributed by atoms with Crippen LogP contribution in [0.5, 0.6) is 5.88 Å². The van der Waals surface area contributed by atoms with Crippen molar-refractivity contribution in [3.63, 3.8) is 0 Å². The van der Waals surface area contributed by atoms with E-state index in [2.05, 4.69) is 32.1 Å². The average Bonchev–Trinajstić information content (AvgIpc) is 2.70. The van der Waals surface area contributed by atoms with E-state index in [0.717, 1.165) is 24.1 Å². The van der Waals surface area contributed by atoms with Gasteiger partial charge in [-0.25, -0.2) is 15.0 Å². The number of hydrogen-bond donors (Lipinski definition) is 2. The molecule has 0 saturated carbocycles. The number of pyridine rings is 1. The fourth-order valence-corrected chi connectivity index (χ4v) is 2.49. The van der Waals surface area contributed by atoms with Crippen molar-refractivity contribution in [2.75, 3.05) is 20.2 Å². The van der Waals surface area contributed by atoms with E-state index >= 15 is 0 Å². The summed E-state index contributed by atoms with van der Waals surface area (Å²) in [5, 5.41) is 11.9. The Hall–Kier alpha value is -3.50. The number of aliphatic carboxylic acids is 1. The van der Waals surface area contributed by atoms with Crippen molar-refractivity contribution >= 4 is 17.1 Å². The summed E-state index contributed by atoms with van der Waals surface area (Å²) >= 11 is 0. The maximum Gasteiger partial charge on any atom is 0.307 e. The minimum Gasteiger partial charge on any atom is -0.481 e. The van der Waals surface area contributed by atoms with E-state index in [1.165, 1.54) is 0 Å². The first-order valence-corrected chi connectivity index (χ1v) is 8.88. The Kier molecular flexibility index (Phi) is 6.50. The molecule has 3 aromatic rings. The van der Waals surface area contributed by atoms with Gasteiger partial charge in [0.15, 0.2) is 11.3 Å². The summed E-state index contributed by atoms with van der Waals surface area (Å²) in [6, 6.07) is 10.7. The van der Waals surface area contributed by atoms with Crippen LogP contribution in [0.25, 0.3) is 11.2 Å². The first kappa shape index (κ1) is 19.3. The Labute approximate surface area is 162 Å². The van der Waals surface area contributed by atoms with E-state index in [1.807, 2.05) is 13.1 Å². The molecule has 0 aliphatic rings. The molecule has 0 spiro atoms. The van der Waals surface area contributed by atoms with Crippen molar-refractivity contribution in [2.45, 2.75) is 12.8 Å². The monoisotopic (exact) mass is 376 g/mol. The zero-order valence-electron chi connectivity index (χ0n) is 15.5. The summed E-state index contributed by atoms with van der Waals surface area (Å²) in [7, 11) is 1.89. The highest BCUT2D eigenvalue weighted by molar-refractivity contribution is 5.71. The number of hydrogen-bond acceptors (Lipinski definition) is 6. The number of nitrogens with one attached hydrogen (secondary N) is 1. The molecule has 28 heavy (non-hydrogen) atoms. The minimum atomic E-state index is -0.863. The van der Waals surface area contributed by atoms with E-state index in [4.69, 9.17) is 9.84 Å². The van der Waals surface area contributed by atoms with E-state index in [1.54, 1.807) is 36.5 Å². The first-order chi connectivity index (χ1) is 13.7. The Morgan fingerprint density at radius 1 is 1.18 bits per heavy atom. The number of carboxylic acid groups (broad SMARTS) is 1. The topological polar surface area (TPSA) is 97.2 Å². The summed E-state index contributed by atoms with van der Waals surface area (Å²) in [6.07, 6.45) is 2.48. The average molecular weight is 376 g/mol. The van der Waals surface area contributed by atoms with Crippen LogP contribution >= 0.6 is 0 Å². The SMILES string of the molecule is CNCCCOc1nc2cccnc2nc1C#Cc1ccc(CC(=O)O)cc1. The smallest absolute Gasteiger partial charge is 0.307 e. The quantitative estimate of drug-likeness (QED) is 0.481. The van der Waals surface area contributed by atoms with Gasteiger partial charge in [0.05, 0.1) is 13.0 Å². The predicted molar refractivity (Wildman–Crippen MR) is 105 cm³/mol. The molecule has 2 aromatic heterocycles. The van der Waals surface area contributed by atoms with Crippen molar-refractivity contribution in [3.05, 3.63) is 59.4 Å². The van der Waals surface area contributed by atoms with Gasteiger partial charge in [-0.1, -0.05) is 18.1 Å². The molecular formula is C21H20N4O3. The third-order valence-electron chi connectivity index (χ3n) is 3.85. The van der Waals surface area contributed by atoms with Crippen LogP contribution in [0.15, 0.2) is 42.6 Å². The molecule has 0 fully saturated rings. The molecule has 0 bridgehead atoms. The number of ether oxygens (including phenoxy) is 1. The van der Waals surface area contributed by atoms with Crippen LogP contribution < -0.4 is 10.1 Å². The predicted octanol–water partition coefficient (Wildman–Crippen LogP) is 2.04. The van der Waals surface area contributed by atoms with Crippen LogP contribution in [0.1, 0.15) is 23.2 Å². The van der Waals surface area contributed by atoms with Gasteiger partial charge in [0.25, 0.3) is 0 Å². The summed E-state index contributed by atoms with van der Waals surface area (Å²) < 4.78 is 5.79. The number of carboxylic acids is 1. The van der Waals surface area contributed by atoms with Gasteiger partial charge < -0.3 is 15.2 Å². The molecular weight excluding hydrogens is 356 g/mol. The second-order valence-corrected chi connectivity index (χ2v) is 6.05. The van der Waals surface area contributed by atoms with Gasteiger partial charge in [-0.2, -0.15) is 0 Å². The largest absolute Gasteiger partial charge is 0.481 e. The molecule has 0 saturated heterocycles. The van der Waals surface area contributed by atoms with E-state index < -0.39 is 5.97 Å². The molecule has 2 N–H and O–H groups in total. The Bertz CT molecular complexity index is 1020. The van der Waals surface area contributed by atoms with Crippen LogP contribution in [-0.2, 0) is 11.2 Å². The van der Waals surface area contributed by atoms with Crippen LogP contribution in [0.4, 0.5) is 0 Å². The van der Waals surface area contributed by atoms with Gasteiger partial charge in [0.2, 0.25) is 5.88 Å². The highest BCUT2D eigenvalue weighted by Gasteiger charge is 2.09. The number of rotatable bonds is 7. The van der Waals surface area contributed by atoms with Crippen LogP contribution in [0.3, 0.4) is 0 Å². The fourth-order valence-electron chi connectivity index (χ4n) is 2.49. The molecule has 0 aliphatic carbocycles. The van der Waals surface area contributed by atoms with E-state index in [-0.39, 0.29) is 6.42 Å². The van der Waals surface area contributed by atoms with Crippen molar-refractivity contribution < 1.29 is 14.6 Å². The molecule has 1 aromatic carbocycles. The number of nitrogens with zero attached hydrogens (tertiary/aromatic N) is 3. The van der Waals surface area contributed by atoms with Gasteiger partial charge in [0, 0.05) is 11.8 Å². The molecule has 0 amide bonds. The lowest BCUT2D eigenvalue weighted by Crippen LogP contribution is -2.12. The lowest BCUT2D eigenvalue weighted by Gasteiger charge is -2.07. The highest BCUT2D eigenvalue weighted by atomic mass is 16.5. The molecule has 0 unspecified atom stereocenters. The molecule has 0 aliphatic heterocycles. The molecule has 0 radical (unpaired) electrons. The van der Waals surface area contributed by atoms with Gasteiger partial charge in [0.1, 0.15) is 5.52 Å². The zero-order chi connectivity index (χ0) is 19.8. The lowest BCUT2D eigenvalue weighted by atomic mass is 10.1. The van der Waals surface area contributed by atoms with Crippen molar-refractivity contribution in [2.24, 2.45) is 0 Å². The lowest BCUT2D eigenvalue weighted by molar-refractivity contribution is -0.136. The van der Waals surface area contributed by atoms with Crippen molar-refractivity contribution in [1.29, 1.82) is 0 Å². The maximum atomic E-state index is 10.8. The second-order valence-electron chi connectivity index (χ2n) is 6.05. The summed E-state index contributed by atoms with van der Waals surface area (Å²) in [4.78, 5) is 24.0. The standard InChI is InChI=1S/C21H20N4O3/c1-22-11-3-13-28-21-18(24-20-17(25-21)4-2-12-23-20)10-9-15-5-7-16(8-6-15)14-19(26)27/h2,4-8,12,22H,3,11,13-14H2,1H3,(H,26,27). The maximum absolute atomic E-state index is 10.8. The van der Waals surface area contributed by atoms with Gasteiger partial charge >= 0.3 is 5.97 Å². The van der Waals surface area contributed by atoms with Crippen LogP contribution in [-0.4, -0.2) is 46.2 Å². The third-order valence-corrected chi connectivity index (χ3v) is 3.85. The van der Waals surface area contributed by atoms with Gasteiger partial charge in [-0.3, -0.25) is 4.79 Å². The Morgan fingerprint density at radius 2 is 2.00 bits per heavy atom. The zero-order valence-corrected chi connectivity index (χ0v) is 15.5. The Balaban J connectivity index is 1.86. The highest BCUT2D eigenvalue weighted by Crippen LogP contribution is 2.17. The summed E-state index contributed by atoms with van der Waals surface area (Å²) in [6.45, 7) is 1.34. The summed E-state index contributed by atoms with van der Waals surface area (Å²) in [5.41, 5.74) is 3.05. The second kappa shape index (κ2) is 9.44. The van der Waals surface area contributed by atoms with Gasteiger partial charge in [-0.15, -0.1) is 0 Å². The first-order valence-electron chi connectivity index (χ1n) is 8.88. The van der Waals surface area contributed by atoms with Crippen molar-refractivity contribution in [1.82, 2.24) is 20.3 Å². The van der Waals surface area contributed by atoms with Gasteiger partial charge in [-0.05, 0) is 55.8 Å². The fraction of sp³-hybridized carbons (Fsp3) is 0.238. The van der Waals surface area contributed by atoms with Crippen LogP contribution in [0, 0.1) is 11.8 Å². The van der Waals surface area contributed by atoms with E-state index in [0.29, 0.717) is 29.3 Å². The number of carbonyl (C=O) groups is 1. The minimum absolute atomic E-state index is 0.0138.